The van der Waals surface area contributed by atoms with Crippen molar-refractivity contribution in [2.45, 2.75) is 11.5 Å². The Kier molecular flexibility index (Phi) is 3.18. The van der Waals surface area contributed by atoms with Gasteiger partial charge >= 0.3 is 0 Å². The minimum atomic E-state index is 0.484. The number of fused-ring (bicyclic) bond motifs is 1. The summed E-state index contributed by atoms with van der Waals surface area (Å²) < 4.78 is 5.40. The Morgan fingerprint density at radius 2 is 1.50 bits per heavy atom. The van der Waals surface area contributed by atoms with Gasteiger partial charge in [-0.3, -0.25) is 0 Å². The molecule has 0 aliphatic carbocycles. The van der Waals surface area contributed by atoms with Gasteiger partial charge in [-0.25, -0.2) is 0 Å². The summed E-state index contributed by atoms with van der Waals surface area (Å²) in [4.78, 5) is 0. The van der Waals surface area contributed by atoms with E-state index in [2.05, 4.69) is 47.8 Å². The Labute approximate surface area is 105 Å². The van der Waals surface area contributed by atoms with Crippen LogP contribution in [-0.4, -0.2) is 24.7 Å². The standard InChI is InChI=1S/C13H16OS2/c1-2-4-12-6-16-10-13(7-14-8-13)9-15-5-11(12)3-1/h1-4H,5-10H2. The molecule has 0 atom stereocenters. The highest BCUT2D eigenvalue weighted by Gasteiger charge is 2.38. The van der Waals surface area contributed by atoms with Gasteiger partial charge in [0, 0.05) is 28.4 Å². The number of benzene rings is 1. The van der Waals surface area contributed by atoms with Gasteiger partial charge in [0.05, 0.1) is 13.2 Å². The molecule has 0 amide bonds. The quantitative estimate of drug-likeness (QED) is 0.702. The molecule has 0 radical (unpaired) electrons. The molecule has 1 aromatic carbocycles. The van der Waals surface area contributed by atoms with Gasteiger partial charge in [0.25, 0.3) is 0 Å². The number of rotatable bonds is 0. The third-order valence-electron chi connectivity index (χ3n) is 3.27. The second kappa shape index (κ2) is 4.63. The molecule has 3 rings (SSSR count). The van der Waals surface area contributed by atoms with Crippen LogP contribution in [0.1, 0.15) is 11.1 Å². The third kappa shape index (κ3) is 2.13. The van der Waals surface area contributed by atoms with Crippen LogP contribution in [0.4, 0.5) is 0 Å². The number of thioether (sulfide) groups is 2. The van der Waals surface area contributed by atoms with Crippen molar-refractivity contribution in [2.24, 2.45) is 5.41 Å². The van der Waals surface area contributed by atoms with Crippen LogP contribution in [-0.2, 0) is 16.2 Å². The molecule has 1 aromatic rings. The fourth-order valence-electron chi connectivity index (χ4n) is 2.19. The molecule has 16 heavy (non-hydrogen) atoms. The van der Waals surface area contributed by atoms with E-state index < -0.39 is 0 Å². The molecule has 3 heteroatoms. The highest BCUT2D eigenvalue weighted by molar-refractivity contribution is 7.99. The summed E-state index contributed by atoms with van der Waals surface area (Å²) >= 11 is 4.15. The molecule has 2 aliphatic heterocycles. The van der Waals surface area contributed by atoms with E-state index in [1.807, 2.05) is 0 Å². The van der Waals surface area contributed by atoms with Crippen molar-refractivity contribution in [1.82, 2.24) is 0 Å². The van der Waals surface area contributed by atoms with Crippen molar-refractivity contribution in [2.75, 3.05) is 24.7 Å². The molecule has 0 saturated carbocycles. The molecule has 0 unspecified atom stereocenters. The van der Waals surface area contributed by atoms with Crippen LogP contribution in [0.3, 0.4) is 0 Å². The molecule has 2 aliphatic rings. The first kappa shape index (κ1) is 11.0. The maximum Gasteiger partial charge on any atom is 0.0560 e. The third-order valence-corrected chi connectivity index (χ3v) is 5.93. The van der Waals surface area contributed by atoms with Crippen LogP contribution in [0, 0.1) is 5.41 Å². The van der Waals surface area contributed by atoms with Gasteiger partial charge < -0.3 is 4.74 Å². The van der Waals surface area contributed by atoms with Gasteiger partial charge in [-0.2, -0.15) is 23.5 Å². The highest BCUT2D eigenvalue weighted by atomic mass is 32.2. The van der Waals surface area contributed by atoms with Gasteiger partial charge in [-0.1, -0.05) is 24.3 Å². The van der Waals surface area contributed by atoms with E-state index in [0.29, 0.717) is 5.41 Å². The largest absolute Gasteiger partial charge is 0.380 e. The number of hydrogen-bond donors (Lipinski definition) is 0. The van der Waals surface area contributed by atoms with Crippen LogP contribution < -0.4 is 0 Å². The zero-order valence-electron chi connectivity index (χ0n) is 9.28. The Balaban J connectivity index is 1.76. The summed E-state index contributed by atoms with van der Waals surface area (Å²) in [5.41, 5.74) is 3.53. The van der Waals surface area contributed by atoms with Gasteiger partial charge in [-0.15, -0.1) is 0 Å². The van der Waals surface area contributed by atoms with Gasteiger partial charge in [0.2, 0.25) is 0 Å². The van der Waals surface area contributed by atoms with Crippen molar-refractivity contribution >= 4 is 23.5 Å². The van der Waals surface area contributed by atoms with Crippen molar-refractivity contribution in [3.05, 3.63) is 35.4 Å². The van der Waals surface area contributed by atoms with E-state index in [4.69, 9.17) is 4.74 Å². The van der Waals surface area contributed by atoms with Crippen LogP contribution in [0.25, 0.3) is 0 Å². The molecule has 1 spiro atoms. The maximum atomic E-state index is 5.40. The van der Waals surface area contributed by atoms with E-state index >= 15 is 0 Å². The normalized spacial score (nSPS) is 23.8. The molecule has 86 valence electrons. The fraction of sp³-hybridized carbons (Fsp3) is 0.538. The predicted molar refractivity (Wildman–Crippen MR) is 72.0 cm³/mol. The molecular weight excluding hydrogens is 236 g/mol. The maximum absolute atomic E-state index is 5.40. The van der Waals surface area contributed by atoms with Crippen molar-refractivity contribution in [3.8, 4) is 0 Å². The SMILES string of the molecule is c1ccc2c(c1)CSCC1(COC1)CSC2. The minimum Gasteiger partial charge on any atom is -0.380 e. The second-order valence-corrected chi connectivity index (χ2v) is 6.72. The Morgan fingerprint density at radius 3 is 1.94 bits per heavy atom. The molecule has 0 N–H and O–H groups in total. The van der Waals surface area contributed by atoms with E-state index in [9.17, 15) is 0 Å². The molecule has 0 bridgehead atoms. The van der Waals surface area contributed by atoms with Gasteiger partial charge in [-0.05, 0) is 11.1 Å². The molecule has 0 aromatic heterocycles. The lowest BCUT2D eigenvalue weighted by Crippen LogP contribution is -2.46. The number of hydrogen-bond acceptors (Lipinski definition) is 3. The van der Waals surface area contributed by atoms with Crippen molar-refractivity contribution in [3.63, 3.8) is 0 Å². The molecule has 1 fully saturated rings. The monoisotopic (exact) mass is 252 g/mol. The van der Waals surface area contributed by atoms with E-state index in [0.717, 1.165) is 13.2 Å². The van der Waals surface area contributed by atoms with Crippen molar-refractivity contribution < 1.29 is 4.74 Å². The average Bonchev–Trinajstić information content (AvgIpc) is 2.35. The summed E-state index contributed by atoms with van der Waals surface area (Å²) in [6, 6.07) is 8.87. The summed E-state index contributed by atoms with van der Waals surface area (Å²) in [6.07, 6.45) is 0. The first-order valence-electron chi connectivity index (χ1n) is 5.68. The molecule has 2 heterocycles. The summed E-state index contributed by atoms with van der Waals surface area (Å²) in [5, 5.41) is 0. The average molecular weight is 252 g/mol. The first-order chi connectivity index (χ1) is 7.88. The lowest BCUT2D eigenvalue weighted by atomic mass is 9.91. The lowest BCUT2D eigenvalue weighted by molar-refractivity contribution is -0.0830. The zero-order valence-corrected chi connectivity index (χ0v) is 10.9. The fourth-order valence-corrected chi connectivity index (χ4v) is 4.93. The Hall–Kier alpha value is -0.120. The molecule has 1 saturated heterocycles. The minimum absolute atomic E-state index is 0.484. The highest BCUT2D eigenvalue weighted by Crippen LogP contribution is 2.38. The van der Waals surface area contributed by atoms with Gasteiger partial charge in [0.15, 0.2) is 0 Å². The first-order valence-corrected chi connectivity index (χ1v) is 7.99. The lowest BCUT2D eigenvalue weighted by Gasteiger charge is -2.40. The van der Waals surface area contributed by atoms with Crippen LogP contribution in [0.15, 0.2) is 24.3 Å². The molecular formula is C13H16OS2. The topological polar surface area (TPSA) is 9.23 Å². The van der Waals surface area contributed by atoms with Crippen molar-refractivity contribution in [1.29, 1.82) is 0 Å². The summed E-state index contributed by atoms with van der Waals surface area (Å²) in [6.45, 7) is 1.95. The van der Waals surface area contributed by atoms with Crippen LogP contribution in [0.5, 0.6) is 0 Å². The summed E-state index contributed by atoms with van der Waals surface area (Å²) in [7, 11) is 0. The van der Waals surface area contributed by atoms with Crippen LogP contribution >= 0.6 is 23.5 Å². The molecule has 1 nitrogen and oxygen atoms in total. The Morgan fingerprint density at radius 1 is 0.938 bits per heavy atom. The van der Waals surface area contributed by atoms with E-state index in [-0.39, 0.29) is 0 Å². The predicted octanol–water partition coefficient (Wildman–Crippen LogP) is 3.18. The van der Waals surface area contributed by atoms with Crippen LogP contribution in [0.2, 0.25) is 0 Å². The van der Waals surface area contributed by atoms with E-state index in [1.54, 1.807) is 0 Å². The summed E-state index contributed by atoms with van der Waals surface area (Å²) in [5.74, 6) is 4.85. The smallest absolute Gasteiger partial charge is 0.0560 e. The second-order valence-electron chi connectivity index (χ2n) is 4.75. The van der Waals surface area contributed by atoms with Gasteiger partial charge in [0.1, 0.15) is 0 Å². The number of ether oxygens (including phenoxy) is 1. The zero-order chi connectivity index (χ0) is 10.8. The Bertz CT molecular complexity index is 343. The van der Waals surface area contributed by atoms with E-state index in [1.165, 1.54) is 34.1 Å².